The lowest BCUT2D eigenvalue weighted by Gasteiger charge is -2.40. The third-order valence-corrected chi connectivity index (χ3v) is 7.47. The first-order valence-electron chi connectivity index (χ1n) is 10.9. The minimum Gasteiger partial charge on any atom is -0.207 e. The summed E-state index contributed by atoms with van der Waals surface area (Å²) in [5.41, 5.74) is 3.34. The van der Waals surface area contributed by atoms with Crippen molar-refractivity contribution in [2.45, 2.75) is 64.7 Å². The van der Waals surface area contributed by atoms with E-state index in [1.54, 1.807) is 12.1 Å². The Balaban J connectivity index is 1.34. The smallest absolute Gasteiger partial charge is 0.126 e. The average Bonchev–Trinajstić information content (AvgIpc) is 2.54. The van der Waals surface area contributed by atoms with Gasteiger partial charge in [0.05, 0.1) is 0 Å². The predicted octanol–water partition coefficient (Wildman–Crippen LogP) is 7.49. The fourth-order valence-corrected chi connectivity index (χ4v) is 5.19. The van der Waals surface area contributed by atoms with Gasteiger partial charge in [0.25, 0.3) is 0 Å². The molecule has 2 aromatic carbocycles. The standard InChI is InChI=1S/C26H32F2/c1-16(2)20-11-23(12-20)25-10-18(7-8-26(25)28)9-17(3)21-13-22(14-21)19-5-4-6-24(27)15-19/h4-8,10,15-17,20-23H,9,11-14H2,1-3H3. The topological polar surface area (TPSA) is 0 Å². The van der Waals surface area contributed by atoms with Crippen LogP contribution in [0.25, 0.3) is 0 Å². The highest BCUT2D eigenvalue weighted by molar-refractivity contribution is 5.30. The molecule has 2 aliphatic rings. The third-order valence-electron chi connectivity index (χ3n) is 7.47. The molecule has 1 unspecified atom stereocenters. The molecule has 0 N–H and O–H groups in total. The van der Waals surface area contributed by atoms with E-state index >= 15 is 0 Å². The van der Waals surface area contributed by atoms with Crippen molar-refractivity contribution >= 4 is 0 Å². The second-order valence-corrected chi connectivity index (χ2v) is 9.69. The van der Waals surface area contributed by atoms with E-state index in [9.17, 15) is 8.78 Å². The summed E-state index contributed by atoms with van der Waals surface area (Å²) in [6, 6.07) is 12.8. The second-order valence-electron chi connectivity index (χ2n) is 9.69. The molecule has 0 radical (unpaired) electrons. The molecule has 0 saturated heterocycles. The largest absolute Gasteiger partial charge is 0.207 e. The van der Waals surface area contributed by atoms with Crippen LogP contribution in [0.1, 0.15) is 75.0 Å². The molecule has 0 bridgehead atoms. The Bertz CT molecular complexity index is 813. The number of halogens is 2. The van der Waals surface area contributed by atoms with Gasteiger partial charge in [-0.3, -0.25) is 0 Å². The van der Waals surface area contributed by atoms with E-state index in [-0.39, 0.29) is 11.6 Å². The molecule has 2 heteroatoms. The fourth-order valence-electron chi connectivity index (χ4n) is 5.19. The third kappa shape index (κ3) is 4.02. The molecule has 2 fully saturated rings. The molecule has 4 rings (SSSR count). The van der Waals surface area contributed by atoms with Crippen LogP contribution in [0.5, 0.6) is 0 Å². The van der Waals surface area contributed by atoms with Crippen molar-refractivity contribution in [3.63, 3.8) is 0 Å². The van der Waals surface area contributed by atoms with Crippen LogP contribution in [0.15, 0.2) is 42.5 Å². The van der Waals surface area contributed by atoms with Crippen molar-refractivity contribution < 1.29 is 8.78 Å². The highest BCUT2D eigenvalue weighted by Gasteiger charge is 2.35. The molecule has 0 amide bonds. The van der Waals surface area contributed by atoms with Crippen LogP contribution in [0.2, 0.25) is 0 Å². The first-order valence-corrected chi connectivity index (χ1v) is 10.9. The van der Waals surface area contributed by atoms with Gasteiger partial charge in [0.15, 0.2) is 0 Å². The summed E-state index contributed by atoms with van der Waals surface area (Å²) in [7, 11) is 0. The molecule has 2 aliphatic carbocycles. The Morgan fingerprint density at radius 1 is 0.857 bits per heavy atom. The summed E-state index contributed by atoms with van der Waals surface area (Å²) in [4.78, 5) is 0. The van der Waals surface area contributed by atoms with Gasteiger partial charge in [0, 0.05) is 0 Å². The van der Waals surface area contributed by atoms with Gasteiger partial charge in [-0.1, -0.05) is 45.0 Å². The van der Waals surface area contributed by atoms with Crippen LogP contribution in [0, 0.1) is 35.3 Å². The summed E-state index contributed by atoms with van der Waals surface area (Å²) < 4.78 is 27.8. The molecule has 2 saturated carbocycles. The first kappa shape index (κ1) is 19.6. The van der Waals surface area contributed by atoms with Crippen molar-refractivity contribution in [1.29, 1.82) is 0 Å². The Labute approximate surface area is 168 Å². The van der Waals surface area contributed by atoms with E-state index in [4.69, 9.17) is 0 Å². The summed E-state index contributed by atoms with van der Waals surface area (Å²) >= 11 is 0. The minimum atomic E-state index is -0.136. The maximum atomic E-state index is 14.4. The molecule has 2 aromatic rings. The van der Waals surface area contributed by atoms with Crippen molar-refractivity contribution in [1.82, 2.24) is 0 Å². The molecule has 28 heavy (non-hydrogen) atoms. The Morgan fingerprint density at radius 2 is 1.57 bits per heavy atom. The number of hydrogen-bond acceptors (Lipinski definition) is 0. The molecule has 0 aromatic heterocycles. The van der Waals surface area contributed by atoms with Crippen LogP contribution in [0.4, 0.5) is 8.78 Å². The molecule has 0 heterocycles. The molecule has 1 atom stereocenters. The van der Waals surface area contributed by atoms with Crippen LogP contribution >= 0.6 is 0 Å². The van der Waals surface area contributed by atoms with E-state index < -0.39 is 0 Å². The van der Waals surface area contributed by atoms with Crippen molar-refractivity contribution in [2.75, 3.05) is 0 Å². The van der Waals surface area contributed by atoms with Crippen molar-refractivity contribution in [3.8, 4) is 0 Å². The maximum Gasteiger partial charge on any atom is 0.126 e. The summed E-state index contributed by atoms with van der Waals surface area (Å²) in [6.07, 6.45) is 5.54. The average molecular weight is 383 g/mol. The van der Waals surface area contributed by atoms with Gasteiger partial charge in [0.1, 0.15) is 11.6 Å². The van der Waals surface area contributed by atoms with E-state index in [1.165, 1.54) is 11.6 Å². The van der Waals surface area contributed by atoms with Crippen LogP contribution in [0.3, 0.4) is 0 Å². The van der Waals surface area contributed by atoms with Crippen molar-refractivity contribution in [3.05, 3.63) is 70.8 Å². The monoisotopic (exact) mass is 382 g/mol. The van der Waals surface area contributed by atoms with Gasteiger partial charge < -0.3 is 0 Å². The van der Waals surface area contributed by atoms with Crippen LogP contribution in [-0.4, -0.2) is 0 Å². The van der Waals surface area contributed by atoms with Gasteiger partial charge in [-0.2, -0.15) is 0 Å². The molecular formula is C26H32F2. The van der Waals surface area contributed by atoms with E-state index in [2.05, 4.69) is 26.8 Å². The number of benzene rings is 2. The lowest BCUT2D eigenvalue weighted by atomic mass is 9.65. The van der Waals surface area contributed by atoms with E-state index in [0.29, 0.717) is 29.6 Å². The Hall–Kier alpha value is -1.70. The Morgan fingerprint density at radius 3 is 2.25 bits per heavy atom. The lowest BCUT2D eigenvalue weighted by molar-refractivity contribution is 0.183. The number of hydrogen-bond donors (Lipinski definition) is 0. The van der Waals surface area contributed by atoms with Crippen LogP contribution in [-0.2, 0) is 6.42 Å². The molecular weight excluding hydrogens is 350 g/mol. The zero-order valence-electron chi connectivity index (χ0n) is 17.3. The van der Waals surface area contributed by atoms with Gasteiger partial charge in [-0.05, 0) is 103 Å². The molecule has 0 aliphatic heterocycles. The Kier molecular flexibility index (Phi) is 5.58. The molecule has 150 valence electrons. The van der Waals surface area contributed by atoms with Crippen LogP contribution < -0.4 is 0 Å². The van der Waals surface area contributed by atoms with Gasteiger partial charge >= 0.3 is 0 Å². The fraction of sp³-hybridized carbons (Fsp3) is 0.538. The maximum absolute atomic E-state index is 14.4. The van der Waals surface area contributed by atoms with Gasteiger partial charge in [0.2, 0.25) is 0 Å². The zero-order valence-corrected chi connectivity index (χ0v) is 17.3. The van der Waals surface area contributed by atoms with Crippen molar-refractivity contribution in [2.24, 2.45) is 23.7 Å². The molecule has 0 spiro atoms. The van der Waals surface area contributed by atoms with Gasteiger partial charge in [-0.25, -0.2) is 8.78 Å². The summed E-state index contributed by atoms with van der Waals surface area (Å²) in [6.45, 7) is 6.85. The SMILES string of the molecule is CC(C)C1CC(c2cc(CC(C)C3CC(c4cccc(F)c4)C3)ccc2F)C1. The predicted molar refractivity (Wildman–Crippen MR) is 111 cm³/mol. The highest BCUT2D eigenvalue weighted by Crippen LogP contribution is 2.48. The zero-order chi connectivity index (χ0) is 19.8. The normalized spacial score (nSPS) is 27.9. The summed E-state index contributed by atoms with van der Waals surface area (Å²) in [5.74, 6) is 3.44. The minimum absolute atomic E-state index is 0.0292. The van der Waals surface area contributed by atoms with E-state index in [0.717, 1.165) is 49.1 Å². The molecule has 0 nitrogen and oxygen atoms in total. The second kappa shape index (κ2) is 7.97. The van der Waals surface area contributed by atoms with Gasteiger partial charge in [-0.15, -0.1) is 0 Å². The highest BCUT2D eigenvalue weighted by atomic mass is 19.1. The first-order chi connectivity index (χ1) is 13.4. The van der Waals surface area contributed by atoms with E-state index in [1.807, 2.05) is 18.2 Å². The number of rotatable bonds is 6. The summed E-state index contributed by atoms with van der Waals surface area (Å²) in [5, 5.41) is 0. The quantitative estimate of drug-likeness (QED) is 0.485. The lowest BCUT2D eigenvalue weighted by Crippen LogP contribution is -2.29.